The van der Waals surface area contributed by atoms with Gasteiger partial charge in [0, 0.05) is 6.07 Å². The van der Waals surface area contributed by atoms with Crippen LogP contribution in [0.4, 0.5) is 10.1 Å². The summed E-state index contributed by atoms with van der Waals surface area (Å²) in [5.41, 5.74) is 2.19. The van der Waals surface area contributed by atoms with Crippen molar-refractivity contribution in [3.63, 3.8) is 0 Å². The Morgan fingerprint density at radius 2 is 2.00 bits per heavy atom. The maximum absolute atomic E-state index is 13.6. The van der Waals surface area contributed by atoms with Crippen LogP contribution >= 0.6 is 0 Å². The number of ether oxygens (including phenoxy) is 1. The lowest BCUT2D eigenvalue weighted by molar-refractivity contribution is 0.396. The Labute approximate surface area is 106 Å². The number of halogens is 1. The normalized spacial score (nSPS) is 10.2. The molecule has 0 unspecified atom stereocenters. The number of hydrogen-bond acceptors (Lipinski definition) is 3. The topological polar surface area (TPSA) is 34.1 Å². The van der Waals surface area contributed by atoms with Gasteiger partial charge in [-0.05, 0) is 24.6 Å². The van der Waals surface area contributed by atoms with Crippen molar-refractivity contribution in [2.45, 2.75) is 13.5 Å². The van der Waals surface area contributed by atoms with Crippen molar-refractivity contribution >= 4 is 5.69 Å². The van der Waals surface area contributed by atoms with Gasteiger partial charge in [-0.1, -0.05) is 18.2 Å². The second-order valence-electron chi connectivity index (χ2n) is 3.96. The third-order valence-electron chi connectivity index (χ3n) is 2.66. The molecule has 1 aromatic heterocycles. The molecule has 18 heavy (non-hydrogen) atoms. The molecule has 0 saturated heterocycles. The molecule has 0 aliphatic rings. The molecule has 0 fully saturated rings. The highest BCUT2D eigenvalue weighted by atomic mass is 19.1. The average Bonchev–Trinajstić information content (AvgIpc) is 2.38. The number of nitrogens with one attached hydrogen (secondary N) is 1. The molecule has 0 saturated carbocycles. The smallest absolute Gasteiger partial charge is 0.213 e. The van der Waals surface area contributed by atoms with Crippen molar-refractivity contribution in [2.75, 3.05) is 12.4 Å². The second-order valence-corrected chi connectivity index (χ2v) is 3.96. The Kier molecular flexibility index (Phi) is 3.77. The van der Waals surface area contributed by atoms with Gasteiger partial charge < -0.3 is 10.1 Å². The molecule has 1 aromatic carbocycles. The van der Waals surface area contributed by atoms with E-state index in [-0.39, 0.29) is 5.82 Å². The molecule has 0 bridgehead atoms. The first-order chi connectivity index (χ1) is 8.70. The SMILES string of the molecule is COc1cccc(CNc2c(C)cccc2F)n1. The van der Waals surface area contributed by atoms with Crippen LogP contribution in [0.2, 0.25) is 0 Å². The molecular formula is C14H15FN2O. The van der Waals surface area contributed by atoms with Crippen LogP contribution in [0.15, 0.2) is 36.4 Å². The first-order valence-corrected chi connectivity index (χ1v) is 5.69. The lowest BCUT2D eigenvalue weighted by Gasteiger charge is -2.10. The number of pyridine rings is 1. The summed E-state index contributed by atoms with van der Waals surface area (Å²) in [5, 5.41) is 3.06. The maximum Gasteiger partial charge on any atom is 0.213 e. The third kappa shape index (κ3) is 2.77. The number of benzene rings is 1. The first-order valence-electron chi connectivity index (χ1n) is 5.69. The minimum atomic E-state index is -0.252. The van der Waals surface area contributed by atoms with Crippen LogP contribution in [0.3, 0.4) is 0 Å². The number of anilines is 1. The number of nitrogens with zero attached hydrogens (tertiary/aromatic N) is 1. The zero-order valence-electron chi connectivity index (χ0n) is 10.4. The summed E-state index contributed by atoms with van der Waals surface area (Å²) in [6.07, 6.45) is 0. The van der Waals surface area contributed by atoms with Crippen LogP contribution in [-0.2, 0) is 6.54 Å². The molecule has 2 aromatic rings. The molecule has 0 aliphatic heterocycles. The summed E-state index contributed by atoms with van der Waals surface area (Å²) < 4.78 is 18.6. The fraction of sp³-hybridized carbons (Fsp3) is 0.214. The van der Waals surface area contributed by atoms with E-state index in [4.69, 9.17) is 4.74 Å². The van der Waals surface area contributed by atoms with E-state index in [1.807, 2.05) is 25.1 Å². The molecule has 0 aliphatic carbocycles. The van der Waals surface area contributed by atoms with E-state index >= 15 is 0 Å². The first kappa shape index (κ1) is 12.4. The molecule has 0 spiro atoms. The summed E-state index contributed by atoms with van der Waals surface area (Å²) in [7, 11) is 1.57. The predicted molar refractivity (Wildman–Crippen MR) is 69.3 cm³/mol. The zero-order valence-corrected chi connectivity index (χ0v) is 10.4. The van der Waals surface area contributed by atoms with E-state index in [9.17, 15) is 4.39 Å². The standard InChI is InChI=1S/C14H15FN2O/c1-10-5-3-7-12(15)14(10)16-9-11-6-4-8-13(17-11)18-2/h3-8,16H,9H2,1-2H3. The van der Waals surface area contributed by atoms with E-state index in [2.05, 4.69) is 10.3 Å². The molecule has 94 valence electrons. The molecule has 0 atom stereocenters. The van der Waals surface area contributed by atoms with Crippen LogP contribution in [0, 0.1) is 12.7 Å². The monoisotopic (exact) mass is 246 g/mol. The molecule has 1 heterocycles. The number of para-hydroxylation sites is 1. The lowest BCUT2D eigenvalue weighted by Crippen LogP contribution is -2.05. The third-order valence-corrected chi connectivity index (χ3v) is 2.66. The Hall–Kier alpha value is -2.10. The quantitative estimate of drug-likeness (QED) is 0.899. The van der Waals surface area contributed by atoms with E-state index in [0.717, 1.165) is 11.3 Å². The van der Waals surface area contributed by atoms with E-state index in [0.29, 0.717) is 18.1 Å². The van der Waals surface area contributed by atoms with Crippen LogP contribution in [0.1, 0.15) is 11.3 Å². The minimum absolute atomic E-state index is 0.252. The van der Waals surface area contributed by atoms with Gasteiger partial charge in [0.15, 0.2) is 0 Å². The van der Waals surface area contributed by atoms with Gasteiger partial charge in [0.2, 0.25) is 5.88 Å². The van der Waals surface area contributed by atoms with Gasteiger partial charge >= 0.3 is 0 Å². The van der Waals surface area contributed by atoms with Crippen LogP contribution < -0.4 is 10.1 Å². The number of rotatable bonds is 4. The van der Waals surface area contributed by atoms with Crippen molar-refractivity contribution in [3.8, 4) is 5.88 Å². The van der Waals surface area contributed by atoms with Crippen molar-refractivity contribution < 1.29 is 9.13 Å². The largest absolute Gasteiger partial charge is 0.481 e. The summed E-state index contributed by atoms with van der Waals surface area (Å²) in [6.45, 7) is 2.32. The number of aromatic nitrogens is 1. The second kappa shape index (κ2) is 5.49. The Morgan fingerprint density at radius 1 is 1.22 bits per heavy atom. The molecule has 0 radical (unpaired) electrons. The molecule has 2 rings (SSSR count). The number of aryl methyl sites for hydroxylation is 1. The predicted octanol–water partition coefficient (Wildman–Crippen LogP) is 3.15. The Morgan fingerprint density at radius 3 is 2.72 bits per heavy atom. The fourth-order valence-electron chi connectivity index (χ4n) is 1.70. The maximum atomic E-state index is 13.6. The van der Waals surface area contributed by atoms with Crippen LogP contribution in [-0.4, -0.2) is 12.1 Å². The molecule has 3 nitrogen and oxygen atoms in total. The van der Waals surface area contributed by atoms with Gasteiger partial charge in [0.25, 0.3) is 0 Å². The fourth-order valence-corrected chi connectivity index (χ4v) is 1.70. The summed E-state index contributed by atoms with van der Waals surface area (Å²) in [6, 6.07) is 10.5. The zero-order chi connectivity index (χ0) is 13.0. The highest BCUT2D eigenvalue weighted by Crippen LogP contribution is 2.19. The summed E-state index contributed by atoms with van der Waals surface area (Å²) >= 11 is 0. The van der Waals surface area contributed by atoms with Crippen molar-refractivity contribution in [3.05, 3.63) is 53.5 Å². The molecule has 0 amide bonds. The van der Waals surface area contributed by atoms with Gasteiger partial charge in [0.1, 0.15) is 5.82 Å². The number of methoxy groups -OCH3 is 1. The van der Waals surface area contributed by atoms with Gasteiger partial charge in [-0.2, -0.15) is 0 Å². The van der Waals surface area contributed by atoms with Crippen molar-refractivity contribution in [1.29, 1.82) is 0 Å². The van der Waals surface area contributed by atoms with Crippen molar-refractivity contribution in [1.82, 2.24) is 4.98 Å². The number of hydrogen-bond donors (Lipinski definition) is 1. The average molecular weight is 246 g/mol. The lowest BCUT2D eigenvalue weighted by atomic mass is 10.2. The molecular weight excluding hydrogens is 231 g/mol. The highest BCUT2D eigenvalue weighted by Gasteiger charge is 2.05. The highest BCUT2D eigenvalue weighted by molar-refractivity contribution is 5.51. The van der Waals surface area contributed by atoms with Gasteiger partial charge in [-0.3, -0.25) is 0 Å². The molecule has 1 N–H and O–H groups in total. The Bertz CT molecular complexity index is 523. The Balaban J connectivity index is 2.11. The van der Waals surface area contributed by atoms with Crippen molar-refractivity contribution in [2.24, 2.45) is 0 Å². The van der Waals surface area contributed by atoms with Crippen LogP contribution in [0.5, 0.6) is 5.88 Å². The van der Waals surface area contributed by atoms with Gasteiger partial charge in [0.05, 0.1) is 25.0 Å². The summed E-state index contributed by atoms with van der Waals surface area (Å²) in [5.74, 6) is 0.303. The summed E-state index contributed by atoms with van der Waals surface area (Å²) in [4.78, 5) is 4.26. The van der Waals surface area contributed by atoms with E-state index in [1.165, 1.54) is 6.07 Å². The van der Waals surface area contributed by atoms with Gasteiger partial charge in [-0.15, -0.1) is 0 Å². The van der Waals surface area contributed by atoms with E-state index < -0.39 is 0 Å². The molecule has 4 heteroatoms. The van der Waals surface area contributed by atoms with E-state index in [1.54, 1.807) is 19.2 Å². The minimum Gasteiger partial charge on any atom is -0.481 e. The van der Waals surface area contributed by atoms with Crippen LogP contribution in [0.25, 0.3) is 0 Å². The van der Waals surface area contributed by atoms with Gasteiger partial charge in [-0.25, -0.2) is 9.37 Å².